The number of nitrogens with one attached hydrogen (secondary N) is 1. The van der Waals surface area contributed by atoms with Crippen molar-refractivity contribution in [3.63, 3.8) is 0 Å². The number of pyridine rings is 1. The van der Waals surface area contributed by atoms with Gasteiger partial charge in [0, 0.05) is 23.1 Å². The molecule has 6 heteroatoms. The number of halogens is 2. The van der Waals surface area contributed by atoms with E-state index in [-0.39, 0.29) is 12.5 Å². The minimum Gasteiger partial charge on any atom is -0.394 e. The second-order valence-corrected chi connectivity index (χ2v) is 8.15. The van der Waals surface area contributed by atoms with Crippen LogP contribution in [0.2, 0.25) is 0 Å². The monoisotopic (exact) mass is 386 g/mol. The first-order chi connectivity index (χ1) is 13.3. The summed E-state index contributed by atoms with van der Waals surface area (Å²) in [5.41, 5.74) is 2.73. The lowest BCUT2D eigenvalue weighted by Gasteiger charge is -2.27. The number of hydrogen-bond acceptors (Lipinski definition) is 3. The van der Waals surface area contributed by atoms with Crippen LogP contribution in [0.25, 0.3) is 16.5 Å². The van der Waals surface area contributed by atoms with E-state index in [0.29, 0.717) is 24.8 Å². The van der Waals surface area contributed by atoms with Gasteiger partial charge in [0.1, 0.15) is 0 Å². The number of hydrogen-bond donors (Lipinski definition) is 2. The Balaban J connectivity index is 1.60. The number of para-hydroxylation sites is 1. The highest BCUT2D eigenvalue weighted by molar-refractivity contribution is 5.99. The number of aromatic nitrogens is 1. The number of benzene rings is 1. The lowest BCUT2D eigenvalue weighted by Crippen LogP contribution is -2.39. The molecular formula is C22H24F2N2O2. The lowest BCUT2D eigenvalue weighted by molar-refractivity contribution is -0.0421. The quantitative estimate of drug-likeness (QED) is 0.804. The van der Waals surface area contributed by atoms with Crippen LogP contribution in [-0.4, -0.2) is 34.1 Å². The summed E-state index contributed by atoms with van der Waals surface area (Å²) in [6.45, 7) is 0.932. The highest BCUT2D eigenvalue weighted by atomic mass is 19.3. The fraction of sp³-hybridized carbons (Fsp3) is 0.455. The van der Waals surface area contributed by atoms with Crippen LogP contribution < -0.4 is 5.32 Å². The number of fused-ring (bicyclic) bond motifs is 1. The van der Waals surface area contributed by atoms with Crippen LogP contribution in [0.3, 0.4) is 0 Å². The highest BCUT2D eigenvalue weighted by Gasteiger charge is 2.43. The molecule has 2 aromatic rings. The van der Waals surface area contributed by atoms with Crippen molar-refractivity contribution in [2.45, 2.75) is 50.5 Å². The summed E-state index contributed by atoms with van der Waals surface area (Å²) < 4.78 is 27.1. The zero-order valence-electron chi connectivity index (χ0n) is 15.8. The molecule has 4 rings (SSSR count). The normalized spacial score (nSPS) is 21.3. The number of carbonyl (C=O) groups excluding carboxylic acids is 1. The molecule has 1 fully saturated rings. The Bertz CT molecular complexity index is 945. The smallest absolute Gasteiger partial charge is 0.253 e. The van der Waals surface area contributed by atoms with Gasteiger partial charge in [-0.05, 0) is 50.7 Å². The number of allylic oxidation sites excluding steroid dienone is 2. The van der Waals surface area contributed by atoms with Gasteiger partial charge in [0.05, 0.1) is 23.2 Å². The van der Waals surface area contributed by atoms with Crippen LogP contribution in [0.5, 0.6) is 0 Å². The largest absolute Gasteiger partial charge is 0.394 e. The third-order valence-electron chi connectivity index (χ3n) is 5.98. The average molecular weight is 386 g/mol. The fourth-order valence-electron chi connectivity index (χ4n) is 3.87. The Hall–Kier alpha value is -2.34. The first-order valence-electron chi connectivity index (χ1n) is 9.71. The summed E-state index contributed by atoms with van der Waals surface area (Å²) in [7, 11) is 0. The van der Waals surface area contributed by atoms with E-state index in [0.717, 1.165) is 41.8 Å². The van der Waals surface area contributed by atoms with Crippen LogP contribution >= 0.6 is 0 Å². The molecule has 0 spiro atoms. The van der Waals surface area contributed by atoms with Crippen molar-refractivity contribution >= 4 is 22.4 Å². The lowest BCUT2D eigenvalue weighted by atomic mass is 9.83. The molecule has 1 amide bonds. The molecule has 1 unspecified atom stereocenters. The van der Waals surface area contributed by atoms with E-state index in [2.05, 4.69) is 10.3 Å². The molecule has 0 aliphatic heterocycles. The second kappa shape index (κ2) is 6.92. The van der Waals surface area contributed by atoms with Gasteiger partial charge in [-0.25, -0.2) is 8.78 Å². The fourth-order valence-corrected chi connectivity index (χ4v) is 3.87. The highest BCUT2D eigenvalue weighted by Crippen LogP contribution is 2.39. The van der Waals surface area contributed by atoms with E-state index in [9.17, 15) is 18.7 Å². The molecule has 2 aliphatic carbocycles. The number of alkyl halides is 2. The Morgan fingerprint density at radius 3 is 2.79 bits per heavy atom. The third-order valence-corrected chi connectivity index (χ3v) is 5.98. The van der Waals surface area contributed by atoms with E-state index >= 15 is 0 Å². The first-order valence-corrected chi connectivity index (χ1v) is 9.71. The van der Waals surface area contributed by atoms with Crippen molar-refractivity contribution in [1.29, 1.82) is 0 Å². The minimum atomic E-state index is -2.66. The van der Waals surface area contributed by atoms with Gasteiger partial charge < -0.3 is 10.4 Å². The molecule has 0 bridgehead atoms. The molecule has 0 radical (unpaired) electrons. The molecule has 1 saturated carbocycles. The standard InChI is InChI=1S/C22H24F2N2O2/c1-21(23,24)17-7-5-14(6-8-17)18-4-2-3-15-11-16(12-25-19(15)18)20(28)26-22(13-27)9-10-22/h2-5,11-12,17,27H,6-10,13H2,1H3,(H,26,28). The molecule has 2 aliphatic rings. The van der Waals surface area contributed by atoms with Gasteiger partial charge >= 0.3 is 0 Å². The van der Waals surface area contributed by atoms with Crippen LogP contribution in [0.4, 0.5) is 8.78 Å². The number of nitrogens with zero attached hydrogens (tertiary/aromatic N) is 1. The van der Waals surface area contributed by atoms with Gasteiger partial charge in [0.25, 0.3) is 5.91 Å². The van der Waals surface area contributed by atoms with Gasteiger partial charge in [-0.15, -0.1) is 0 Å². The van der Waals surface area contributed by atoms with E-state index in [1.165, 1.54) is 0 Å². The van der Waals surface area contributed by atoms with Gasteiger partial charge in [-0.3, -0.25) is 9.78 Å². The summed E-state index contributed by atoms with van der Waals surface area (Å²) in [6.07, 6.45) is 6.42. The molecule has 1 atom stereocenters. The molecule has 148 valence electrons. The Morgan fingerprint density at radius 1 is 1.39 bits per heavy atom. The van der Waals surface area contributed by atoms with Crippen molar-refractivity contribution in [2.75, 3.05) is 6.61 Å². The number of aliphatic hydroxyl groups excluding tert-OH is 1. The molecule has 2 N–H and O–H groups in total. The van der Waals surface area contributed by atoms with E-state index in [1.54, 1.807) is 12.3 Å². The summed E-state index contributed by atoms with van der Waals surface area (Å²) in [6, 6.07) is 7.55. The van der Waals surface area contributed by atoms with Crippen molar-refractivity contribution < 1.29 is 18.7 Å². The number of carbonyl (C=O) groups is 1. The van der Waals surface area contributed by atoms with Crippen molar-refractivity contribution in [3.05, 3.63) is 47.7 Å². The van der Waals surface area contributed by atoms with E-state index in [1.807, 2.05) is 24.3 Å². The summed E-state index contributed by atoms with van der Waals surface area (Å²) in [5.74, 6) is -3.51. The Morgan fingerprint density at radius 2 is 2.18 bits per heavy atom. The maximum absolute atomic E-state index is 13.6. The zero-order valence-corrected chi connectivity index (χ0v) is 15.8. The van der Waals surface area contributed by atoms with Crippen LogP contribution in [0, 0.1) is 5.92 Å². The topological polar surface area (TPSA) is 62.2 Å². The molecule has 1 heterocycles. The Kier molecular flexibility index (Phi) is 4.70. The van der Waals surface area contributed by atoms with Crippen LogP contribution in [-0.2, 0) is 0 Å². The molecule has 1 aromatic carbocycles. The Labute approximate surface area is 162 Å². The van der Waals surface area contributed by atoms with Gasteiger partial charge in [-0.2, -0.15) is 0 Å². The van der Waals surface area contributed by atoms with Gasteiger partial charge in [0.15, 0.2) is 0 Å². The molecule has 28 heavy (non-hydrogen) atoms. The number of rotatable bonds is 5. The predicted molar refractivity (Wildman–Crippen MR) is 104 cm³/mol. The van der Waals surface area contributed by atoms with Crippen LogP contribution in [0.1, 0.15) is 54.9 Å². The third kappa shape index (κ3) is 3.65. The molecular weight excluding hydrogens is 362 g/mol. The maximum atomic E-state index is 13.6. The number of amides is 1. The van der Waals surface area contributed by atoms with Gasteiger partial charge in [-0.1, -0.05) is 24.3 Å². The van der Waals surface area contributed by atoms with E-state index < -0.39 is 17.4 Å². The van der Waals surface area contributed by atoms with E-state index in [4.69, 9.17) is 0 Å². The van der Waals surface area contributed by atoms with Crippen LogP contribution in [0.15, 0.2) is 36.5 Å². The number of aliphatic hydroxyl groups is 1. The summed E-state index contributed by atoms with van der Waals surface area (Å²) in [5, 5.41) is 13.1. The minimum absolute atomic E-state index is 0.0597. The van der Waals surface area contributed by atoms with Gasteiger partial charge in [0.2, 0.25) is 5.92 Å². The van der Waals surface area contributed by atoms with Crippen molar-refractivity contribution in [2.24, 2.45) is 5.92 Å². The SMILES string of the molecule is CC(F)(F)C1CC=C(c2cccc3cc(C(=O)NC4(CO)CC4)cnc23)CC1. The second-order valence-electron chi connectivity index (χ2n) is 8.15. The molecule has 4 nitrogen and oxygen atoms in total. The maximum Gasteiger partial charge on any atom is 0.253 e. The zero-order chi connectivity index (χ0) is 19.9. The predicted octanol–water partition coefficient (Wildman–Crippen LogP) is 4.33. The summed E-state index contributed by atoms with van der Waals surface area (Å²) >= 11 is 0. The van der Waals surface area contributed by atoms with Crippen molar-refractivity contribution in [3.8, 4) is 0 Å². The molecule has 0 saturated heterocycles. The first kappa shape index (κ1) is 19.0. The molecule has 1 aromatic heterocycles. The average Bonchev–Trinajstić information content (AvgIpc) is 3.46. The summed E-state index contributed by atoms with van der Waals surface area (Å²) in [4.78, 5) is 17.0. The van der Waals surface area contributed by atoms with Crippen molar-refractivity contribution in [1.82, 2.24) is 10.3 Å².